The first-order valence-electron chi connectivity index (χ1n) is 8.24. The molecule has 1 aromatic carbocycles. The van der Waals surface area contributed by atoms with E-state index in [2.05, 4.69) is 18.3 Å². The van der Waals surface area contributed by atoms with Crippen LogP contribution >= 0.6 is 11.6 Å². The Morgan fingerprint density at radius 1 is 1.30 bits per heavy atom. The molecule has 0 radical (unpaired) electrons. The zero-order chi connectivity index (χ0) is 17.0. The molecule has 128 valence electrons. The minimum absolute atomic E-state index is 0.196. The molecule has 0 saturated carbocycles. The molecule has 5 heteroatoms. The van der Waals surface area contributed by atoms with Crippen molar-refractivity contribution >= 4 is 17.7 Å². The number of likely N-dealkylation sites (tertiary alicyclic amines) is 1. The number of carbonyl (C=O) groups is 1. The van der Waals surface area contributed by atoms with E-state index in [4.69, 9.17) is 16.3 Å². The predicted molar refractivity (Wildman–Crippen MR) is 93.8 cm³/mol. The van der Waals surface area contributed by atoms with Gasteiger partial charge in [-0.2, -0.15) is 0 Å². The topological polar surface area (TPSA) is 41.6 Å². The summed E-state index contributed by atoms with van der Waals surface area (Å²) in [6.45, 7) is 9.25. The molecule has 0 aliphatic carbocycles. The number of halogens is 1. The van der Waals surface area contributed by atoms with Crippen molar-refractivity contribution in [2.75, 3.05) is 13.1 Å². The maximum absolute atomic E-state index is 12.1. The van der Waals surface area contributed by atoms with Crippen molar-refractivity contribution in [2.24, 2.45) is 0 Å². The van der Waals surface area contributed by atoms with Crippen LogP contribution in [0.3, 0.4) is 0 Å². The van der Waals surface area contributed by atoms with Gasteiger partial charge in [-0.05, 0) is 52.2 Å². The predicted octanol–water partition coefficient (Wildman–Crippen LogP) is 4.39. The van der Waals surface area contributed by atoms with E-state index < -0.39 is 5.60 Å². The van der Waals surface area contributed by atoms with E-state index in [0.717, 1.165) is 36.5 Å². The molecule has 1 aliphatic heterocycles. The molecule has 1 fully saturated rings. The van der Waals surface area contributed by atoms with Gasteiger partial charge in [0.1, 0.15) is 5.60 Å². The fourth-order valence-corrected chi connectivity index (χ4v) is 3.12. The monoisotopic (exact) mass is 338 g/mol. The summed E-state index contributed by atoms with van der Waals surface area (Å²) >= 11 is 6.25. The smallest absolute Gasteiger partial charge is 0.410 e. The fraction of sp³-hybridized carbons (Fsp3) is 0.611. The quantitative estimate of drug-likeness (QED) is 0.888. The molecule has 4 nitrogen and oxygen atoms in total. The number of rotatable bonds is 3. The molecule has 23 heavy (non-hydrogen) atoms. The Bertz CT molecular complexity index is 534. The third-order valence-electron chi connectivity index (χ3n) is 4.00. The summed E-state index contributed by atoms with van der Waals surface area (Å²) in [7, 11) is 0. The highest BCUT2D eigenvalue weighted by Gasteiger charge is 2.27. The van der Waals surface area contributed by atoms with Gasteiger partial charge in [0, 0.05) is 30.2 Å². The van der Waals surface area contributed by atoms with Crippen LogP contribution in [-0.2, 0) is 4.74 Å². The van der Waals surface area contributed by atoms with E-state index in [1.54, 1.807) is 4.90 Å². The zero-order valence-corrected chi connectivity index (χ0v) is 15.2. The van der Waals surface area contributed by atoms with E-state index in [-0.39, 0.29) is 12.1 Å². The second-order valence-electron chi connectivity index (χ2n) is 7.15. The standard InChI is InChI=1S/C18H27ClN2O2/c1-13(15-7-5-6-8-16(15)19)20-14-9-11-21(12-10-14)17(22)23-18(2,3)4/h5-8,13-14,20H,9-12H2,1-4H3/t13-/m1/s1. The number of hydrogen-bond donors (Lipinski definition) is 1. The molecule has 1 amide bonds. The van der Waals surface area contributed by atoms with Crippen LogP contribution in [0.15, 0.2) is 24.3 Å². The molecule has 1 heterocycles. The van der Waals surface area contributed by atoms with Gasteiger partial charge < -0.3 is 15.0 Å². The van der Waals surface area contributed by atoms with Crippen LogP contribution in [0.5, 0.6) is 0 Å². The SMILES string of the molecule is C[C@@H](NC1CCN(C(=O)OC(C)(C)C)CC1)c1ccccc1Cl. The van der Waals surface area contributed by atoms with Crippen molar-refractivity contribution in [1.29, 1.82) is 0 Å². The zero-order valence-electron chi connectivity index (χ0n) is 14.4. The normalized spacial score (nSPS) is 17.9. The molecule has 1 saturated heterocycles. The number of amides is 1. The van der Waals surface area contributed by atoms with Crippen LogP contribution < -0.4 is 5.32 Å². The van der Waals surface area contributed by atoms with Crippen molar-refractivity contribution in [3.05, 3.63) is 34.9 Å². The Labute approximate surface area is 144 Å². The van der Waals surface area contributed by atoms with Crippen molar-refractivity contribution in [3.63, 3.8) is 0 Å². The molecular formula is C18H27ClN2O2. The van der Waals surface area contributed by atoms with Crippen LogP contribution in [0.4, 0.5) is 4.79 Å². The van der Waals surface area contributed by atoms with Crippen LogP contribution in [0, 0.1) is 0 Å². The second-order valence-corrected chi connectivity index (χ2v) is 7.56. The summed E-state index contributed by atoms with van der Waals surface area (Å²) in [5.74, 6) is 0. The Hall–Kier alpha value is -1.26. The lowest BCUT2D eigenvalue weighted by Crippen LogP contribution is -2.47. The summed E-state index contributed by atoms with van der Waals surface area (Å²) in [6, 6.07) is 8.50. The van der Waals surface area contributed by atoms with Crippen molar-refractivity contribution < 1.29 is 9.53 Å². The second kappa shape index (κ2) is 7.54. The van der Waals surface area contributed by atoms with Crippen molar-refractivity contribution in [1.82, 2.24) is 10.2 Å². The third kappa shape index (κ3) is 5.40. The molecule has 1 aromatic rings. The van der Waals surface area contributed by atoms with E-state index >= 15 is 0 Å². The summed E-state index contributed by atoms with van der Waals surface area (Å²) in [4.78, 5) is 13.9. The highest BCUT2D eigenvalue weighted by Crippen LogP contribution is 2.24. The van der Waals surface area contributed by atoms with Crippen molar-refractivity contribution in [2.45, 2.75) is 58.2 Å². The first kappa shape index (κ1) is 18.1. The van der Waals surface area contributed by atoms with Gasteiger partial charge in [-0.25, -0.2) is 4.79 Å². The maximum atomic E-state index is 12.1. The van der Waals surface area contributed by atoms with Gasteiger partial charge >= 0.3 is 6.09 Å². The van der Waals surface area contributed by atoms with Gasteiger partial charge in [-0.15, -0.1) is 0 Å². The summed E-state index contributed by atoms with van der Waals surface area (Å²) in [5, 5.41) is 4.41. The van der Waals surface area contributed by atoms with Gasteiger partial charge in [0.15, 0.2) is 0 Å². The molecule has 0 unspecified atom stereocenters. The summed E-state index contributed by atoms with van der Waals surface area (Å²) in [6.07, 6.45) is 1.64. The number of hydrogen-bond acceptors (Lipinski definition) is 3. The first-order valence-corrected chi connectivity index (χ1v) is 8.62. The molecule has 1 N–H and O–H groups in total. The van der Waals surface area contributed by atoms with Crippen LogP contribution in [0.2, 0.25) is 5.02 Å². The molecule has 1 atom stereocenters. The van der Waals surface area contributed by atoms with Gasteiger partial charge in [-0.1, -0.05) is 29.8 Å². The summed E-state index contributed by atoms with van der Waals surface area (Å²) in [5.41, 5.74) is 0.675. The van der Waals surface area contributed by atoms with E-state index in [1.807, 2.05) is 39.0 Å². The lowest BCUT2D eigenvalue weighted by atomic mass is 10.0. The highest BCUT2D eigenvalue weighted by molar-refractivity contribution is 6.31. The Kier molecular flexibility index (Phi) is 5.93. The van der Waals surface area contributed by atoms with Gasteiger partial charge in [0.25, 0.3) is 0 Å². The maximum Gasteiger partial charge on any atom is 0.410 e. The van der Waals surface area contributed by atoms with Gasteiger partial charge in [-0.3, -0.25) is 0 Å². The largest absolute Gasteiger partial charge is 0.444 e. The number of nitrogens with one attached hydrogen (secondary N) is 1. The number of benzene rings is 1. The number of nitrogens with zero attached hydrogens (tertiary/aromatic N) is 1. The molecular weight excluding hydrogens is 312 g/mol. The number of piperidine rings is 1. The summed E-state index contributed by atoms with van der Waals surface area (Å²) < 4.78 is 5.43. The fourth-order valence-electron chi connectivity index (χ4n) is 2.82. The van der Waals surface area contributed by atoms with Crippen LogP contribution in [0.1, 0.15) is 52.1 Å². The Morgan fingerprint density at radius 3 is 2.48 bits per heavy atom. The van der Waals surface area contributed by atoms with Crippen molar-refractivity contribution in [3.8, 4) is 0 Å². The van der Waals surface area contributed by atoms with Crippen LogP contribution in [-0.4, -0.2) is 35.7 Å². The number of ether oxygens (including phenoxy) is 1. The lowest BCUT2D eigenvalue weighted by molar-refractivity contribution is 0.0196. The third-order valence-corrected chi connectivity index (χ3v) is 4.35. The number of carbonyl (C=O) groups excluding carboxylic acids is 1. The lowest BCUT2D eigenvalue weighted by Gasteiger charge is -2.35. The van der Waals surface area contributed by atoms with Gasteiger partial charge in [0.05, 0.1) is 0 Å². The molecule has 0 aromatic heterocycles. The average Bonchev–Trinajstić information content (AvgIpc) is 2.46. The minimum Gasteiger partial charge on any atom is -0.444 e. The Balaban J connectivity index is 1.83. The van der Waals surface area contributed by atoms with Gasteiger partial charge in [0.2, 0.25) is 0 Å². The average molecular weight is 339 g/mol. The molecule has 1 aliphatic rings. The molecule has 0 spiro atoms. The van der Waals surface area contributed by atoms with E-state index in [0.29, 0.717) is 6.04 Å². The minimum atomic E-state index is -0.440. The highest BCUT2D eigenvalue weighted by atomic mass is 35.5. The van der Waals surface area contributed by atoms with E-state index in [1.165, 1.54) is 0 Å². The van der Waals surface area contributed by atoms with Crippen LogP contribution in [0.25, 0.3) is 0 Å². The Morgan fingerprint density at radius 2 is 1.91 bits per heavy atom. The first-order chi connectivity index (χ1) is 10.8. The molecule has 0 bridgehead atoms. The van der Waals surface area contributed by atoms with E-state index in [9.17, 15) is 4.79 Å². The molecule has 2 rings (SSSR count).